The van der Waals surface area contributed by atoms with E-state index in [9.17, 15) is 9.59 Å². The Bertz CT molecular complexity index is 239. The van der Waals surface area contributed by atoms with Crippen molar-refractivity contribution in [3.05, 3.63) is 24.3 Å². The molecule has 0 aliphatic rings. The Kier molecular flexibility index (Phi) is 9.02. The molecule has 0 fully saturated rings. The van der Waals surface area contributed by atoms with Crippen LogP contribution in [0.1, 0.15) is 0 Å². The predicted octanol–water partition coefficient (Wildman–Crippen LogP) is -3.80. The van der Waals surface area contributed by atoms with E-state index in [0.717, 1.165) is 8.86 Å². The zero-order valence-corrected chi connectivity index (χ0v) is 9.97. The van der Waals surface area contributed by atoms with Gasteiger partial charge in [0.15, 0.2) is 0 Å². The van der Waals surface area contributed by atoms with E-state index in [0.29, 0.717) is 0 Å². The summed E-state index contributed by atoms with van der Waals surface area (Å²) < 4.78 is 1.55. The van der Waals surface area contributed by atoms with Crippen LogP contribution in [0, 0.1) is 0 Å². The molecule has 0 aromatic carbocycles. The number of nitrogens with one attached hydrogen (secondary N) is 2. The third-order valence-electron chi connectivity index (χ3n) is 1.16. The SMILES string of the molecule is O=C(/C=C/C[I-]C/C=C/C(=O)NO)NO. The summed E-state index contributed by atoms with van der Waals surface area (Å²) in [6.45, 7) is 0. The van der Waals surface area contributed by atoms with Crippen LogP contribution in [-0.4, -0.2) is 31.1 Å². The van der Waals surface area contributed by atoms with Gasteiger partial charge >= 0.3 is 97.1 Å². The van der Waals surface area contributed by atoms with Crippen LogP contribution in [0.15, 0.2) is 24.3 Å². The summed E-state index contributed by atoms with van der Waals surface area (Å²) in [6, 6.07) is 0. The second-order valence-corrected chi connectivity index (χ2v) is 5.09. The van der Waals surface area contributed by atoms with E-state index >= 15 is 0 Å². The van der Waals surface area contributed by atoms with Gasteiger partial charge < -0.3 is 0 Å². The van der Waals surface area contributed by atoms with Crippen molar-refractivity contribution < 1.29 is 41.2 Å². The number of hydroxylamine groups is 2. The van der Waals surface area contributed by atoms with Crippen LogP contribution in [0.5, 0.6) is 0 Å². The number of halogens is 1. The summed E-state index contributed by atoms with van der Waals surface area (Å²) in [5.41, 5.74) is 2.96. The Morgan fingerprint density at radius 2 is 1.40 bits per heavy atom. The number of carbonyl (C=O) groups is 2. The second kappa shape index (κ2) is 9.62. The third kappa shape index (κ3) is 9.38. The fraction of sp³-hybridized carbons (Fsp3) is 0.250. The number of alkyl halides is 2. The standard InChI is InChI=1S/C8H12IN2O4/c12-7(10-14)3-1-5-9-6-2-4-8(13)11-15/h1-4,14-15H,5-6H2,(H,10,12)(H,11,13)/q-1/b3-1+,4-2+. The fourth-order valence-corrected chi connectivity index (χ4v) is 2.15. The molecule has 15 heavy (non-hydrogen) atoms. The van der Waals surface area contributed by atoms with Gasteiger partial charge in [-0.2, -0.15) is 0 Å². The average molecular weight is 327 g/mol. The van der Waals surface area contributed by atoms with E-state index in [1.54, 1.807) is 12.2 Å². The van der Waals surface area contributed by atoms with Gasteiger partial charge in [-0.3, -0.25) is 0 Å². The Morgan fingerprint density at radius 3 is 1.73 bits per heavy atom. The minimum absolute atomic E-state index is 0.147. The van der Waals surface area contributed by atoms with Crippen molar-refractivity contribution in [2.45, 2.75) is 0 Å². The molecule has 0 aliphatic heterocycles. The maximum absolute atomic E-state index is 10.5. The molecule has 86 valence electrons. The Labute approximate surface area is 97.2 Å². The molecule has 0 aliphatic carbocycles. The Morgan fingerprint density at radius 1 is 1.00 bits per heavy atom. The van der Waals surface area contributed by atoms with Crippen molar-refractivity contribution in [1.29, 1.82) is 0 Å². The predicted molar refractivity (Wildman–Crippen MR) is 47.9 cm³/mol. The first-order valence-corrected chi connectivity index (χ1v) is 7.00. The number of rotatable bonds is 6. The van der Waals surface area contributed by atoms with Crippen molar-refractivity contribution in [1.82, 2.24) is 11.0 Å². The van der Waals surface area contributed by atoms with Crippen LogP contribution < -0.4 is 32.2 Å². The molecule has 2 amide bonds. The van der Waals surface area contributed by atoms with Crippen LogP contribution in [0.4, 0.5) is 0 Å². The number of allylic oxidation sites excluding steroid dienone is 2. The van der Waals surface area contributed by atoms with Gasteiger partial charge in [-0.15, -0.1) is 0 Å². The van der Waals surface area contributed by atoms with Gasteiger partial charge in [0.1, 0.15) is 0 Å². The fourth-order valence-electron chi connectivity index (χ4n) is 0.567. The molecular formula is C8H12IN2O4-. The normalized spacial score (nSPS) is 11.1. The Hall–Kier alpha value is -0.930. The van der Waals surface area contributed by atoms with Crippen LogP contribution in [0.2, 0.25) is 0 Å². The number of hydrogen-bond acceptors (Lipinski definition) is 4. The molecule has 0 atom stereocenters. The summed E-state index contributed by atoms with van der Waals surface area (Å²) in [6.07, 6.45) is 5.84. The molecular weight excluding hydrogens is 315 g/mol. The van der Waals surface area contributed by atoms with Gasteiger partial charge in [-0.25, -0.2) is 0 Å². The summed E-state index contributed by atoms with van der Waals surface area (Å²) in [5.74, 6) is -1.09. The molecule has 0 aromatic rings. The van der Waals surface area contributed by atoms with Crippen molar-refractivity contribution >= 4 is 11.8 Å². The summed E-state index contributed by atoms with van der Waals surface area (Å²) in [7, 11) is 0. The van der Waals surface area contributed by atoms with Crippen molar-refractivity contribution in [3.8, 4) is 0 Å². The number of carbonyl (C=O) groups excluding carboxylic acids is 2. The van der Waals surface area contributed by atoms with Gasteiger partial charge in [0.2, 0.25) is 0 Å². The summed E-state index contributed by atoms with van der Waals surface area (Å²) in [5, 5.41) is 16.3. The maximum atomic E-state index is 10.5. The summed E-state index contributed by atoms with van der Waals surface area (Å²) in [4.78, 5) is 21.0. The van der Waals surface area contributed by atoms with Crippen molar-refractivity contribution in [3.63, 3.8) is 0 Å². The topological polar surface area (TPSA) is 98.7 Å². The van der Waals surface area contributed by atoms with Gasteiger partial charge in [0.25, 0.3) is 0 Å². The molecule has 0 heterocycles. The van der Waals surface area contributed by atoms with E-state index in [-0.39, 0.29) is 21.2 Å². The number of amides is 2. The first-order valence-electron chi connectivity index (χ1n) is 3.95. The molecule has 0 saturated carbocycles. The summed E-state index contributed by atoms with van der Waals surface area (Å²) >= 11 is -0.147. The molecule has 0 rings (SSSR count). The Balaban J connectivity index is 3.47. The van der Waals surface area contributed by atoms with E-state index in [4.69, 9.17) is 10.4 Å². The zero-order chi connectivity index (χ0) is 11.5. The second-order valence-electron chi connectivity index (χ2n) is 2.25. The van der Waals surface area contributed by atoms with Crippen LogP contribution >= 0.6 is 0 Å². The van der Waals surface area contributed by atoms with Crippen molar-refractivity contribution in [2.24, 2.45) is 0 Å². The molecule has 4 N–H and O–H groups in total. The minimum atomic E-state index is -0.547. The molecule has 7 heteroatoms. The van der Waals surface area contributed by atoms with Gasteiger partial charge in [-0.1, -0.05) is 0 Å². The van der Waals surface area contributed by atoms with E-state index in [1.807, 2.05) is 0 Å². The van der Waals surface area contributed by atoms with Crippen LogP contribution in [0.3, 0.4) is 0 Å². The molecule has 0 bridgehead atoms. The molecule has 0 saturated heterocycles. The van der Waals surface area contributed by atoms with Crippen LogP contribution in [0.25, 0.3) is 0 Å². The molecule has 0 radical (unpaired) electrons. The van der Waals surface area contributed by atoms with E-state index in [1.165, 1.54) is 23.1 Å². The molecule has 0 unspecified atom stereocenters. The monoisotopic (exact) mass is 327 g/mol. The zero-order valence-electron chi connectivity index (χ0n) is 7.81. The van der Waals surface area contributed by atoms with Gasteiger partial charge in [0.05, 0.1) is 0 Å². The van der Waals surface area contributed by atoms with Crippen LogP contribution in [-0.2, 0) is 9.59 Å². The first kappa shape index (κ1) is 14.1. The molecule has 6 nitrogen and oxygen atoms in total. The van der Waals surface area contributed by atoms with Gasteiger partial charge in [0, 0.05) is 0 Å². The molecule has 0 spiro atoms. The van der Waals surface area contributed by atoms with E-state index in [2.05, 4.69) is 0 Å². The quantitative estimate of drug-likeness (QED) is 0.100. The third-order valence-corrected chi connectivity index (χ3v) is 3.42. The van der Waals surface area contributed by atoms with Crippen molar-refractivity contribution in [2.75, 3.05) is 8.86 Å². The van der Waals surface area contributed by atoms with Gasteiger partial charge in [-0.05, 0) is 0 Å². The first-order chi connectivity index (χ1) is 7.20. The molecule has 0 aromatic heterocycles. The average Bonchev–Trinajstić information content (AvgIpc) is 2.26. The van der Waals surface area contributed by atoms with E-state index < -0.39 is 11.8 Å². The number of hydrogen-bond donors (Lipinski definition) is 4.